The van der Waals surface area contributed by atoms with E-state index in [1.54, 1.807) is 4.90 Å². The summed E-state index contributed by atoms with van der Waals surface area (Å²) < 4.78 is 4.64. The predicted octanol–water partition coefficient (Wildman–Crippen LogP) is 0.793. The Hall–Kier alpha value is -0.580. The average molecular weight is 264 g/mol. The van der Waals surface area contributed by atoms with E-state index in [4.69, 9.17) is 0 Å². The maximum Gasteiger partial charge on any atom is 0.310 e. The second-order valence-corrected chi connectivity index (χ2v) is 4.08. The molecule has 5 heteroatoms. The number of carbonyl (C=O) groups is 2. The minimum Gasteiger partial charge on any atom is -0.469 e. The minimum atomic E-state index is -0.209. The van der Waals surface area contributed by atoms with Crippen LogP contribution in [-0.2, 0) is 14.3 Å². The number of carbonyl (C=O) groups excluding carboxylic acids is 2. The molecule has 0 spiro atoms. The molecule has 1 aliphatic heterocycles. The summed E-state index contributed by atoms with van der Waals surface area (Å²) in [5, 5.41) is 0.672. The lowest BCUT2D eigenvalue weighted by Crippen LogP contribution is -2.30. The Labute approximate surface area is 91.7 Å². The van der Waals surface area contributed by atoms with Crippen molar-refractivity contribution in [1.29, 1.82) is 0 Å². The van der Waals surface area contributed by atoms with Crippen LogP contribution in [0.25, 0.3) is 0 Å². The van der Waals surface area contributed by atoms with E-state index < -0.39 is 0 Å². The summed E-state index contributed by atoms with van der Waals surface area (Å²) in [5.41, 5.74) is 0. The molecule has 14 heavy (non-hydrogen) atoms. The topological polar surface area (TPSA) is 46.6 Å². The first kappa shape index (κ1) is 11.5. The van der Waals surface area contributed by atoms with Crippen molar-refractivity contribution >= 4 is 27.8 Å². The highest BCUT2D eigenvalue weighted by Crippen LogP contribution is 2.18. The van der Waals surface area contributed by atoms with Gasteiger partial charge in [-0.25, -0.2) is 0 Å². The monoisotopic (exact) mass is 263 g/mol. The highest BCUT2D eigenvalue weighted by molar-refractivity contribution is 9.09. The molecule has 1 aliphatic rings. The molecule has 1 atom stereocenters. The van der Waals surface area contributed by atoms with Crippen LogP contribution in [0.4, 0.5) is 0 Å². The van der Waals surface area contributed by atoms with Crippen LogP contribution in [0.15, 0.2) is 0 Å². The van der Waals surface area contributed by atoms with Crippen molar-refractivity contribution in [3.05, 3.63) is 0 Å². The minimum absolute atomic E-state index is 0.105. The first-order valence-corrected chi connectivity index (χ1v) is 5.72. The Morgan fingerprint density at radius 1 is 1.57 bits per heavy atom. The SMILES string of the molecule is COC(=O)C1CCN(C(=O)CCBr)C1. The van der Waals surface area contributed by atoms with E-state index >= 15 is 0 Å². The van der Waals surface area contributed by atoms with E-state index in [2.05, 4.69) is 20.7 Å². The number of likely N-dealkylation sites (tertiary alicyclic amines) is 1. The van der Waals surface area contributed by atoms with E-state index in [-0.39, 0.29) is 17.8 Å². The van der Waals surface area contributed by atoms with Crippen molar-refractivity contribution in [2.45, 2.75) is 12.8 Å². The zero-order chi connectivity index (χ0) is 10.6. The van der Waals surface area contributed by atoms with Crippen LogP contribution in [0.1, 0.15) is 12.8 Å². The summed E-state index contributed by atoms with van der Waals surface area (Å²) in [5.74, 6) is -0.230. The van der Waals surface area contributed by atoms with Gasteiger partial charge in [0.2, 0.25) is 5.91 Å². The molecule has 1 amide bonds. The third kappa shape index (κ3) is 2.70. The van der Waals surface area contributed by atoms with Gasteiger partial charge in [0.15, 0.2) is 0 Å². The van der Waals surface area contributed by atoms with Gasteiger partial charge >= 0.3 is 5.97 Å². The third-order valence-corrected chi connectivity index (χ3v) is 2.78. The van der Waals surface area contributed by atoms with Gasteiger partial charge in [-0.15, -0.1) is 0 Å². The number of amides is 1. The second kappa shape index (κ2) is 5.34. The number of alkyl halides is 1. The first-order valence-electron chi connectivity index (χ1n) is 4.60. The van der Waals surface area contributed by atoms with Gasteiger partial charge in [-0.1, -0.05) is 15.9 Å². The van der Waals surface area contributed by atoms with Crippen LogP contribution >= 0.6 is 15.9 Å². The molecular formula is C9H14BrNO3. The van der Waals surface area contributed by atoms with Crippen LogP contribution in [0, 0.1) is 5.92 Å². The van der Waals surface area contributed by atoms with Crippen molar-refractivity contribution in [2.75, 3.05) is 25.5 Å². The summed E-state index contributed by atoms with van der Waals surface area (Å²) >= 11 is 3.22. The van der Waals surface area contributed by atoms with Gasteiger partial charge in [-0.05, 0) is 6.42 Å². The van der Waals surface area contributed by atoms with E-state index in [1.165, 1.54) is 7.11 Å². The molecule has 0 aromatic rings. The molecule has 0 aromatic heterocycles. The number of esters is 1. The molecule has 0 radical (unpaired) electrons. The molecule has 1 saturated heterocycles. The fraction of sp³-hybridized carbons (Fsp3) is 0.778. The summed E-state index contributed by atoms with van der Waals surface area (Å²) in [4.78, 5) is 24.3. The van der Waals surface area contributed by atoms with Gasteiger partial charge < -0.3 is 9.64 Å². The van der Waals surface area contributed by atoms with Crippen molar-refractivity contribution in [1.82, 2.24) is 4.90 Å². The van der Waals surface area contributed by atoms with Crippen molar-refractivity contribution in [2.24, 2.45) is 5.92 Å². The fourth-order valence-corrected chi connectivity index (χ4v) is 1.92. The van der Waals surface area contributed by atoms with Crippen molar-refractivity contribution in [3.8, 4) is 0 Å². The van der Waals surface area contributed by atoms with Crippen molar-refractivity contribution in [3.63, 3.8) is 0 Å². The number of hydrogen-bond donors (Lipinski definition) is 0. The molecule has 80 valence electrons. The lowest BCUT2D eigenvalue weighted by Gasteiger charge is -2.14. The first-order chi connectivity index (χ1) is 6.69. The molecular weight excluding hydrogens is 250 g/mol. The lowest BCUT2D eigenvalue weighted by molar-refractivity contribution is -0.145. The van der Waals surface area contributed by atoms with Crippen LogP contribution in [0.5, 0.6) is 0 Å². The Morgan fingerprint density at radius 3 is 2.86 bits per heavy atom. The van der Waals surface area contributed by atoms with Gasteiger partial charge in [0.05, 0.1) is 13.0 Å². The van der Waals surface area contributed by atoms with Gasteiger partial charge in [-0.3, -0.25) is 9.59 Å². The normalized spacial score (nSPS) is 21.0. The van der Waals surface area contributed by atoms with Crippen LogP contribution < -0.4 is 0 Å². The zero-order valence-electron chi connectivity index (χ0n) is 8.16. The second-order valence-electron chi connectivity index (χ2n) is 3.29. The zero-order valence-corrected chi connectivity index (χ0v) is 9.75. The summed E-state index contributed by atoms with van der Waals surface area (Å²) in [6, 6.07) is 0. The van der Waals surface area contributed by atoms with E-state index in [0.29, 0.717) is 24.8 Å². The van der Waals surface area contributed by atoms with Crippen molar-refractivity contribution < 1.29 is 14.3 Å². The molecule has 1 rings (SSSR count). The molecule has 0 bridgehead atoms. The molecule has 0 N–H and O–H groups in total. The van der Waals surface area contributed by atoms with E-state index in [1.807, 2.05) is 0 Å². The largest absolute Gasteiger partial charge is 0.469 e. The van der Waals surface area contributed by atoms with Crippen LogP contribution in [0.3, 0.4) is 0 Å². The smallest absolute Gasteiger partial charge is 0.310 e. The predicted molar refractivity (Wildman–Crippen MR) is 55.1 cm³/mol. The van der Waals surface area contributed by atoms with Gasteiger partial charge in [0.25, 0.3) is 0 Å². The summed E-state index contributed by atoms with van der Waals surface area (Å²) in [6.07, 6.45) is 1.22. The molecule has 1 heterocycles. The highest BCUT2D eigenvalue weighted by atomic mass is 79.9. The number of halogens is 1. The van der Waals surface area contributed by atoms with Gasteiger partial charge in [0, 0.05) is 24.8 Å². The van der Waals surface area contributed by atoms with Crippen LogP contribution in [0.2, 0.25) is 0 Å². The Morgan fingerprint density at radius 2 is 2.29 bits per heavy atom. The standard InChI is InChI=1S/C9H14BrNO3/c1-14-9(13)7-3-5-11(6-7)8(12)2-4-10/h7H,2-6H2,1H3. The van der Waals surface area contributed by atoms with E-state index in [0.717, 1.165) is 6.42 Å². The Balaban J connectivity index is 2.41. The Kier molecular flexibility index (Phi) is 4.38. The number of rotatable bonds is 3. The fourth-order valence-electron chi connectivity index (χ4n) is 1.58. The van der Waals surface area contributed by atoms with E-state index in [9.17, 15) is 9.59 Å². The quantitative estimate of drug-likeness (QED) is 0.559. The molecule has 1 unspecified atom stereocenters. The highest BCUT2D eigenvalue weighted by Gasteiger charge is 2.31. The van der Waals surface area contributed by atoms with Gasteiger partial charge in [0.1, 0.15) is 0 Å². The number of ether oxygens (including phenoxy) is 1. The van der Waals surface area contributed by atoms with Gasteiger partial charge in [-0.2, -0.15) is 0 Å². The number of nitrogens with zero attached hydrogens (tertiary/aromatic N) is 1. The number of methoxy groups -OCH3 is 1. The maximum absolute atomic E-state index is 11.4. The lowest BCUT2D eigenvalue weighted by atomic mass is 10.1. The average Bonchev–Trinajstić information content (AvgIpc) is 2.66. The molecule has 0 aliphatic carbocycles. The summed E-state index contributed by atoms with van der Waals surface area (Å²) in [6.45, 7) is 1.18. The Bertz CT molecular complexity index is 232. The molecule has 0 saturated carbocycles. The maximum atomic E-state index is 11.4. The third-order valence-electron chi connectivity index (χ3n) is 2.38. The molecule has 0 aromatic carbocycles. The molecule has 4 nitrogen and oxygen atoms in total. The molecule has 1 fully saturated rings. The number of hydrogen-bond acceptors (Lipinski definition) is 3. The summed E-state index contributed by atoms with van der Waals surface area (Å²) in [7, 11) is 1.38. The van der Waals surface area contributed by atoms with Crippen LogP contribution in [-0.4, -0.2) is 42.3 Å².